The minimum absolute atomic E-state index is 0.0323. The van der Waals surface area contributed by atoms with Crippen LogP contribution in [0.25, 0.3) is 0 Å². The van der Waals surface area contributed by atoms with Gasteiger partial charge in [0.1, 0.15) is 17.6 Å². The second-order valence-electron chi connectivity index (χ2n) is 6.46. The second-order valence-corrected chi connectivity index (χ2v) is 6.46. The van der Waals surface area contributed by atoms with Gasteiger partial charge in [0.15, 0.2) is 0 Å². The fourth-order valence-electron chi connectivity index (χ4n) is 4.07. The molecule has 0 saturated heterocycles. The normalized spacial score (nSPS) is 33.9. The highest BCUT2D eigenvalue weighted by Gasteiger charge is 2.51. The topological polar surface area (TPSA) is 41.9 Å². The smallest absolute Gasteiger partial charge is 0.128 e. The number of benzene rings is 1. The van der Waals surface area contributed by atoms with Crippen molar-refractivity contribution in [2.75, 3.05) is 20.7 Å². The highest BCUT2D eigenvalue weighted by molar-refractivity contribution is 5.57. The molecular weight excluding hydrogens is 266 g/mol. The third-order valence-corrected chi connectivity index (χ3v) is 5.12. The predicted octanol–water partition coefficient (Wildman–Crippen LogP) is 1.85. The molecule has 0 saturated carbocycles. The Hall–Kier alpha value is -1.52. The van der Waals surface area contributed by atoms with Gasteiger partial charge in [-0.15, -0.1) is 0 Å². The summed E-state index contributed by atoms with van der Waals surface area (Å²) >= 11 is 0. The highest BCUT2D eigenvalue weighted by Crippen LogP contribution is 2.53. The van der Waals surface area contributed by atoms with Crippen LogP contribution < -0.4 is 9.47 Å². The first-order chi connectivity index (χ1) is 10.1. The number of rotatable bonds is 1. The third-order valence-electron chi connectivity index (χ3n) is 5.12. The minimum atomic E-state index is -0.402. The van der Waals surface area contributed by atoms with Crippen LogP contribution in [0, 0.1) is 0 Å². The molecule has 1 spiro atoms. The van der Waals surface area contributed by atoms with Gasteiger partial charge < -0.3 is 19.5 Å². The van der Waals surface area contributed by atoms with Crippen LogP contribution in [0.3, 0.4) is 0 Å². The van der Waals surface area contributed by atoms with Gasteiger partial charge in [-0.2, -0.15) is 0 Å². The van der Waals surface area contributed by atoms with E-state index in [2.05, 4.69) is 24.1 Å². The number of aliphatic hydroxyl groups is 1. The molecule has 21 heavy (non-hydrogen) atoms. The first-order valence-electron chi connectivity index (χ1n) is 7.56. The van der Waals surface area contributed by atoms with Crippen molar-refractivity contribution in [3.05, 3.63) is 35.4 Å². The average molecular weight is 287 g/mol. The molecule has 3 atom stereocenters. The van der Waals surface area contributed by atoms with Crippen molar-refractivity contribution in [2.45, 2.75) is 37.0 Å². The van der Waals surface area contributed by atoms with E-state index in [9.17, 15) is 5.11 Å². The van der Waals surface area contributed by atoms with Gasteiger partial charge in [0.05, 0.1) is 18.6 Å². The lowest BCUT2D eigenvalue weighted by Gasteiger charge is -2.35. The molecule has 0 radical (unpaired) electrons. The molecule has 3 aliphatic rings. The maximum absolute atomic E-state index is 9.95. The third kappa shape index (κ3) is 1.82. The maximum Gasteiger partial charge on any atom is 0.128 e. The predicted molar refractivity (Wildman–Crippen MR) is 79.8 cm³/mol. The summed E-state index contributed by atoms with van der Waals surface area (Å²) in [6, 6.07) is 4.12. The lowest BCUT2D eigenvalue weighted by molar-refractivity contribution is 0.0835. The van der Waals surface area contributed by atoms with E-state index in [0.717, 1.165) is 31.0 Å². The van der Waals surface area contributed by atoms with E-state index in [0.29, 0.717) is 6.42 Å². The highest BCUT2D eigenvalue weighted by atomic mass is 16.5. The second kappa shape index (κ2) is 4.49. The van der Waals surface area contributed by atoms with Crippen LogP contribution in [-0.2, 0) is 12.0 Å². The summed E-state index contributed by atoms with van der Waals surface area (Å²) in [5.41, 5.74) is 2.51. The Morgan fingerprint density at radius 1 is 1.43 bits per heavy atom. The molecule has 0 bridgehead atoms. The lowest BCUT2D eigenvalue weighted by atomic mass is 9.69. The fraction of sp³-hybridized carbons (Fsp3) is 0.529. The maximum atomic E-state index is 9.95. The lowest BCUT2D eigenvalue weighted by Crippen LogP contribution is -2.42. The van der Waals surface area contributed by atoms with Gasteiger partial charge in [-0.05, 0) is 31.6 Å². The molecule has 1 aromatic carbocycles. The van der Waals surface area contributed by atoms with Crippen LogP contribution in [0.15, 0.2) is 24.3 Å². The van der Waals surface area contributed by atoms with Crippen LogP contribution in [0.2, 0.25) is 0 Å². The Kier molecular flexibility index (Phi) is 2.81. The zero-order valence-electron chi connectivity index (χ0n) is 12.5. The molecule has 112 valence electrons. The average Bonchev–Trinajstić information content (AvgIpc) is 2.70. The Morgan fingerprint density at radius 2 is 2.29 bits per heavy atom. The Balaban J connectivity index is 1.93. The number of hydrogen-bond donors (Lipinski definition) is 1. The Bertz CT molecular complexity index is 612. The van der Waals surface area contributed by atoms with Gasteiger partial charge in [-0.3, -0.25) is 0 Å². The molecule has 2 aliphatic heterocycles. The molecule has 4 heteroatoms. The van der Waals surface area contributed by atoms with Crippen molar-refractivity contribution in [1.82, 2.24) is 4.90 Å². The summed E-state index contributed by atoms with van der Waals surface area (Å²) < 4.78 is 11.6. The quantitative estimate of drug-likeness (QED) is 0.801. The summed E-state index contributed by atoms with van der Waals surface area (Å²) in [4.78, 5) is 2.35. The van der Waals surface area contributed by atoms with Crippen molar-refractivity contribution in [1.29, 1.82) is 0 Å². The molecule has 1 aromatic rings. The van der Waals surface area contributed by atoms with Gasteiger partial charge in [-0.1, -0.05) is 12.2 Å². The fourth-order valence-corrected chi connectivity index (χ4v) is 4.07. The van der Waals surface area contributed by atoms with E-state index in [1.165, 1.54) is 11.1 Å². The summed E-state index contributed by atoms with van der Waals surface area (Å²) in [6.45, 7) is 1.94. The zero-order chi connectivity index (χ0) is 14.6. The number of hydrogen-bond acceptors (Lipinski definition) is 4. The Labute approximate surface area is 125 Å². The summed E-state index contributed by atoms with van der Waals surface area (Å²) in [7, 11) is 3.84. The first-order valence-corrected chi connectivity index (χ1v) is 7.56. The van der Waals surface area contributed by atoms with E-state index in [-0.39, 0.29) is 11.5 Å². The van der Waals surface area contributed by atoms with Crippen molar-refractivity contribution in [3.63, 3.8) is 0 Å². The SMILES string of the molecule is COc1cc2c3c(c1)O[C@H]1C[C@@H](O)C=C[C@@]31CCN(C)C2. The monoisotopic (exact) mass is 287 g/mol. The van der Waals surface area contributed by atoms with E-state index < -0.39 is 6.10 Å². The van der Waals surface area contributed by atoms with Gasteiger partial charge >= 0.3 is 0 Å². The van der Waals surface area contributed by atoms with Gasteiger partial charge in [-0.25, -0.2) is 0 Å². The van der Waals surface area contributed by atoms with E-state index in [1.54, 1.807) is 7.11 Å². The van der Waals surface area contributed by atoms with Gasteiger partial charge in [0.2, 0.25) is 0 Å². The molecule has 1 N–H and O–H groups in total. The largest absolute Gasteiger partial charge is 0.497 e. The molecule has 0 unspecified atom stereocenters. The zero-order valence-corrected chi connectivity index (χ0v) is 12.5. The summed E-state index contributed by atoms with van der Waals surface area (Å²) in [5.74, 6) is 1.78. The van der Waals surface area contributed by atoms with Crippen LogP contribution in [-0.4, -0.2) is 42.9 Å². The molecular formula is C17H21NO3. The number of aliphatic hydroxyl groups excluding tert-OH is 1. The van der Waals surface area contributed by atoms with Gasteiger partial charge in [0, 0.05) is 24.6 Å². The van der Waals surface area contributed by atoms with Crippen LogP contribution >= 0.6 is 0 Å². The minimum Gasteiger partial charge on any atom is -0.497 e. The van der Waals surface area contributed by atoms with Crippen molar-refractivity contribution < 1.29 is 14.6 Å². The van der Waals surface area contributed by atoms with Crippen LogP contribution in [0.1, 0.15) is 24.0 Å². The van der Waals surface area contributed by atoms with Crippen LogP contribution in [0.4, 0.5) is 0 Å². The molecule has 0 aromatic heterocycles. The van der Waals surface area contributed by atoms with Crippen LogP contribution in [0.5, 0.6) is 11.5 Å². The van der Waals surface area contributed by atoms with Gasteiger partial charge in [0.25, 0.3) is 0 Å². The van der Waals surface area contributed by atoms with E-state index in [1.807, 2.05) is 12.1 Å². The number of methoxy groups -OCH3 is 1. The van der Waals surface area contributed by atoms with Crippen molar-refractivity contribution in [2.24, 2.45) is 0 Å². The molecule has 1 aliphatic carbocycles. The number of ether oxygens (including phenoxy) is 2. The number of nitrogens with zero attached hydrogens (tertiary/aromatic N) is 1. The van der Waals surface area contributed by atoms with Crippen molar-refractivity contribution in [3.8, 4) is 11.5 Å². The standard InChI is InChI=1S/C17H21NO3/c1-18-6-5-17-4-3-12(19)8-15(17)21-14-9-13(20-2)7-11(10-18)16(14)17/h3-4,7,9,12,15,19H,5-6,8,10H2,1-2H3/t12-,15-,17-/m0/s1. The van der Waals surface area contributed by atoms with Crippen molar-refractivity contribution >= 4 is 0 Å². The molecule has 0 amide bonds. The molecule has 4 rings (SSSR count). The summed E-state index contributed by atoms with van der Waals surface area (Å²) in [6.07, 6.45) is 5.45. The Morgan fingerprint density at radius 3 is 3.10 bits per heavy atom. The summed E-state index contributed by atoms with van der Waals surface area (Å²) in [5, 5.41) is 9.95. The molecule has 2 heterocycles. The molecule has 4 nitrogen and oxygen atoms in total. The van der Waals surface area contributed by atoms with E-state index in [4.69, 9.17) is 9.47 Å². The molecule has 0 fully saturated rings. The first kappa shape index (κ1) is 13.2. The van der Waals surface area contributed by atoms with E-state index >= 15 is 0 Å².